The van der Waals surface area contributed by atoms with E-state index < -0.39 is 0 Å². The van der Waals surface area contributed by atoms with Crippen molar-refractivity contribution in [2.45, 2.75) is 64.2 Å². The average molecular weight is 439 g/mol. The molecule has 0 aliphatic heterocycles. The zero-order chi connectivity index (χ0) is 21.8. The Morgan fingerprint density at radius 1 is 0.438 bits per heavy atom. The average Bonchev–Trinajstić information content (AvgIpc) is 2.84. The molecule has 5 aromatic carbocycles. The maximum Gasteiger partial charge on any atom is -0.00176 e. The van der Waals surface area contributed by atoms with Crippen LogP contribution in [0.3, 0.4) is 0 Å². The summed E-state index contributed by atoms with van der Waals surface area (Å²) in [4.78, 5) is 0. The lowest BCUT2D eigenvalue weighted by molar-refractivity contribution is 0.566. The lowest BCUT2D eigenvalue weighted by atomic mass is 9.86. The molecule has 0 aromatic heterocycles. The van der Waals surface area contributed by atoms with Crippen molar-refractivity contribution in [1.82, 2.24) is 0 Å². The zero-order valence-electron chi connectivity index (χ0n) is 19.1. The normalized spacial score (nSPS) is 12.0. The van der Waals surface area contributed by atoms with Crippen LogP contribution in [0.15, 0.2) is 66.7 Å². The highest BCUT2D eigenvalue weighted by Crippen LogP contribution is 2.41. The topological polar surface area (TPSA) is 0 Å². The molecule has 0 spiro atoms. The summed E-state index contributed by atoms with van der Waals surface area (Å²) in [5.74, 6) is 1.04. The predicted molar refractivity (Wildman–Crippen MR) is 147 cm³/mol. The van der Waals surface area contributed by atoms with Gasteiger partial charge in [-0.2, -0.15) is 12.6 Å². The van der Waals surface area contributed by atoms with Crippen molar-refractivity contribution in [2.75, 3.05) is 5.75 Å². The molecule has 0 saturated carbocycles. The molecular formula is C31H34S. The Hall–Kier alpha value is -2.25. The van der Waals surface area contributed by atoms with E-state index in [9.17, 15) is 0 Å². The van der Waals surface area contributed by atoms with Crippen LogP contribution in [0.5, 0.6) is 0 Å². The third-order valence-electron chi connectivity index (χ3n) is 7.23. The van der Waals surface area contributed by atoms with E-state index in [4.69, 9.17) is 0 Å². The van der Waals surface area contributed by atoms with Gasteiger partial charge in [0.25, 0.3) is 0 Å². The SMILES string of the molecule is SCCCCCCCCCCCc1c2ccccc2c2ccc3cccc4ccc1c2c43. The Labute approximate surface area is 197 Å². The molecule has 0 fully saturated rings. The Morgan fingerprint density at radius 3 is 1.72 bits per heavy atom. The minimum Gasteiger partial charge on any atom is -0.179 e. The van der Waals surface area contributed by atoms with E-state index in [1.54, 1.807) is 5.56 Å². The standard InChI is InChI=1S/C31H34S/c32-22-11-7-5-3-1-2-4-6-8-15-26-25-16-9-10-17-27(25)29-21-19-24-14-12-13-23-18-20-28(26)31(29)30(23)24/h9-10,12-14,16-21,32H,1-8,11,15,22H2. The summed E-state index contributed by atoms with van der Waals surface area (Å²) in [6.07, 6.45) is 13.4. The van der Waals surface area contributed by atoms with Gasteiger partial charge in [0.1, 0.15) is 0 Å². The minimum absolute atomic E-state index is 1.04. The van der Waals surface area contributed by atoms with Crippen molar-refractivity contribution in [1.29, 1.82) is 0 Å². The molecule has 0 atom stereocenters. The van der Waals surface area contributed by atoms with Crippen LogP contribution >= 0.6 is 12.6 Å². The maximum absolute atomic E-state index is 4.31. The first kappa shape index (κ1) is 21.6. The second-order valence-electron chi connectivity index (χ2n) is 9.36. The van der Waals surface area contributed by atoms with Gasteiger partial charge in [0.2, 0.25) is 0 Å². The zero-order valence-corrected chi connectivity index (χ0v) is 20.0. The quantitative estimate of drug-likeness (QED) is 0.0902. The van der Waals surface area contributed by atoms with Crippen molar-refractivity contribution in [2.24, 2.45) is 0 Å². The molecule has 164 valence electrons. The van der Waals surface area contributed by atoms with Gasteiger partial charge in [0.15, 0.2) is 0 Å². The maximum atomic E-state index is 4.31. The number of hydrogen-bond donors (Lipinski definition) is 1. The summed E-state index contributed by atoms with van der Waals surface area (Å²) in [6, 6.07) is 25.1. The van der Waals surface area contributed by atoms with Gasteiger partial charge in [-0.3, -0.25) is 0 Å². The van der Waals surface area contributed by atoms with E-state index in [1.807, 2.05) is 0 Å². The van der Waals surface area contributed by atoms with E-state index >= 15 is 0 Å². The summed E-state index contributed by atoms with van der Waals surface area (Å²) in [7, 11) is 0. The van der Waals surface area contributed by atoms with Crippen LogP contribution in [0.25, 0.3) is 43.1 Å². The summed E-state index contributed by atoms with van der Waals surface area (Å²) < 4.78 is 0. The predicted octanol–water partition coefficient (Wildman–Crippen LogP) is 9.72. The van der Waals surface area contributed by atoms with E-state index in [1.165, 1.54) is 107 Å². The van der Waals surface area contributed by atoms with E-state index in [0.717, 1.165) is 5.75 Å². The molecule has 32 heavy (non-hydrogen) atoms. The molecule has 0 radical (unpaired) electrons. The molecule has 0 amide bonds. The number of rotatable bonds is 11. The van der Waals surface area contributed by atoms with Crippen LogP contribution < -0.4 is 0 Å². The molecule has 5 aromatic rings. The van der Waals surface area contributed by atoms with Crippen LogP contribution in [0.2, 0.25) is 0 Å². The lowest BCUT2D eigenvalue weighted by Crippen LogP contribution is -1.94. The molecule has 5 rings (SSSR count). The van der Waals surface area contributed by atoms with Gasteiger partial charge >= 0.3 is 0 Å². The van der Waals surface area contributed by atoms with E-state index in [-0.39, 0.29) is 0 Å². The Bertz CT molecular complexity index is 1300. The van der Waals surface area contributed by atoms with Crippen molar-refractivity contribution in [3.8, 4) is 0 Å². The number of unbranched alkanes of at least 4 members (excludes halogenated alkanes) is 8. The van der Waals surface area contributed by atoms with E-state index in [0.29, 0.717) is 0 Å². The largest absolute Gasteiger partial charge is 0.179 e. The van der Waals surface area contributed by atoms with Gasteiger partial charge in [0.05, 0.1) is 0 Å². The summed E-state index contributed by atoms with van der Waals surface area (Å²) in [5.41, 5.74) is 1.55. The van der Waals surface area contributed by atoms with Gasteiger partial charge in [0, 0.05) is 0 Å². The third-order valence-corrected chi connectivity index (χ3v) is 7.55. The van der Waals surface area contributed by atoms with Crippen LogP contribution in [0.1, 0.15) is 63.4 Å². The van der Waals surface area contributed by atoms with Crippen LogP contribution in [-0.2, 0) is 6.42 Å². The van der Waals surface area contributed by atoms with Gasteiger partial charge in [-0.05, 0) is 73.7 Å². The molecule has 0 aliphatic carbocycles. The lowest BCUT2D eigenvalue weighted by Gasteiger charge is -2.17. The Balaban J connectivity index is 1.38. The molecule has 0 saturated heterocycles. The molecule has 0 nitrogen and oxygen atoms in total. The molecular weight excluding hydrogens is 404 g/mol. The van der Waals surface area contributed by atoms with Crippen molar-refractivity contribution < 1.29 is 0 Å². The highest BCUT2D eigenvalue weighted by molar-refractivity contribution is 7.80. The first-order valence-electron chi connectivity index (χ1n) is 12.6. The van der Waals surface area contributed by atoms with Gasteiger partial charge in [-0.1, -0.05) is 112 Å². The molecule has 0 heterocycles. The Kier molecular flexibility index (Phi) is 6.83. The second kappa shape index (κ2) is 10.1. The fourth-order valence-corrected chi connectivity index (χ4v) is 5.83. The molecule has 0 bridgehead atoms. The third kappa shape index (κ3) is 4.20. The fourth-order valence-electron chi connectivity index (χ4n) is 5.61. The number of aryl methyl sites for hydroxylation is 1. The van der Waals surface area contributed by atoms with Crippen LogP contribution in [-0.4, -0.2) is 5.75 Å². The van der Waals surface area contributed by atoms with Crippen LogP contribution in [0.4, 0.5) is 0 Å². The summed E-state index contributed by atoms with van der Waals surface area (Å²) in [6.45, 7) is 0. The highest BCUT2D eigenvalue weighted by Gasteiger charge is 2.15. The van der Waals surface area contributed by atoms with Crippen molar-refractivity contribution in [3.05, 3.63) is 72.3 Å². The minimum atomic E-state index is 1.04. The number of benzene rings is 5. The first-order valence-corrected chi connectivity index (χ1v) is 13.2. The second-order valence-corrected chi connectivity index (χ2v) is 9.81. The van der Waals surface area contributed by atoms with Crippen LogP contribution in [0, 0.1) is 0 Å². The highest BCUT2D eigenvalue weighted by atomic mass is 32.1. The molecule has 0 aliphatic rings. The number of hydrogen-bond acceptors (Lipinski definition) is 1. The fraction of sp³-hybridized carbons (Fsp3) is 0.355. The van der Waals surface area contributed by atoms with Gasteiger partial charge in [-0.25, -0.2) is 0 Å². The molecule has 1 heteroatoms. The first-order chi connectivity index (χ1) is 15.9. The molecule has 0 N–H and O–H groups in total. The summed E-state index contributed by atoms with van der Waals surface area (Å²) in [5, 5.41) is 11.3. The van der Waals surface area contributed by atoms with E-state index in [2.05, 4.69) is 79.4 Å². The summed E-state index contributed by atoms with van der Waals surface area (Å²) >= 11 is 4.31. The van der Waals surface area contributed by atoms with Gasteiger partial charge in [-0.15, -0.1) is 0 Å². The van der Waals surface area contributed by atoms with Crippen molar-refractivity contribution in [3.63, 3.8) is 0 Å². The van der Waals surface area contributed by atoms with Crippen molar-refractivity contribution >= 4 is 55.7 Å². The molecule has 0 unspecified atom stereocenters. The van der Waals surface area contributed by atoms with Gasteiger partial charge < -0.3 is 0 Å². The smallest absolute Gasteiger partial charge is 0.00176 e. The number of fused-ring (bicyclic) bond motifs is 2. The monoisotopic (exact) mass is 438 g/mol. The number of thiol groups is 1. The Morgan fingerprint density at radius 2 is 1.03 bits per heavy atom.